The van der Waals surface area contributed by atoms with Gasteiger partial charge in [-0.2, -0.15) is 0 Å². The van der Waals surface area contributed by atoms with Crippen molar-refractivity contribution in [2.75, 3.05) is 6.61 Å². The van der Waals surface area contributed by atoms with Crippen LogP contribution >= 0.6 is 19.4 Å². The first-order valence-corrected chi connectivity index (χ1v) is 7.09. The van der Waals surface area contributed by atoms with E-state index in [0.29, 0.717) is 5.02 Å². The molecule has 17 heavy (non-hydrogen) atoms. The summed E-state index contributed by atoms with van der Waals surface area (Å²) < 4.78 is 21.4. The molecule has 6 heteroatoms. The molecule has 1 N–H and O–H groups in total. The van der Waals surface area contributed by atoms with Crippen LogP contribution in [0.25, 0.3) is 0 Å². The zero-order valence-corrected chi connectivity index (χ0v) is 11.2. The van der Waals surface area contributed by atoms with Gasteiger partial charge in [0.25, 0.3) is 0 Å². The van der Waals surface area contributed by atoms with E-state index >= 15 is 0 Å². The van der Waals surface area contributed by atoms with Crippen molar-refractivity contribution in [1.29, 1.82) is 0 Å². The van der Waals surface area contributed by atoms with E-state index in [1.807, 2.05) is 13.8 Å². The quantitative estimate of drug-likeness (QED) is 0.797. The van der Waals surface area contributed by atoms with Gasteiger partial charge in [-0.05, 0) is 17.7 Å². The molecule has 0 amide bonds. The van der Waals surface area contributed by atoms with E-state index < -0.39 is 13.9 Å². The lowest BCUT2D eigenvalue weighted by Gasteiger charge is -2.39. The van der Waals surface area contributed by atoms with Crippen molar-refractivity contribution in [2.45, 2.75) is 20.0 Å². The Morgan fingerprint density at radius 2 is 2.00 bits per heavy atom. The Labute approximate surface area is 105 Å². The smallest absolute Gasteiger partial charge is 0.302 e. The highest BCUT2D eigenvalue weighted by molar-refractivity contribution is 7.47. The van der Waals surface area contributed by atoms with E-state index in [4.69, 9.17) is 20.6 Å². The first-order valence-electron chi connectivity index (χ1n) is 5.21. The monoisotopic (exact) mass is 276 g/mol. The number of phosphoric ester groups is 1. The molecule has 4 nitrogen and oxygen atoms in total. The van der Waals surface area contributed by atoms with Gasteiger partial charge in [-0.15, -0.1) is 0 Å². The fraction of sp³-hybridized carbons (Fsp3) is 0.455. The van der Waals surface area contributed by atoms with Crippen molar-refractivity contribution in [3.8, 4) is 0 Å². The first kappa shape index (κ1) is 13.1. The standard InChI is InChI=1S/C11H14ClO4P/c1-11(2)7-15-17(13,14)16-10(11)8-3-5-9(12)6-4-8/h3-6,10H,7H2,1-2H3,(H,13,14)/t10-/m1/s1. The molecule has 2 atom stereocenters. The van der Waals surface area contributed by atoms with Crippen LogP contribution < -0.4 is 0 Å². The van der Waals surface area contributed by atoms with Gasteiger partial charge in [0, 0.05) is 10.4 Å². The van der Waals surface area contributed by atoms with Gasteiger partial charge < -0.3 is 4.89 Å². The van der Waals surface area contributed by atoms with Crippen LogP contribution in [0.4, 0.5) is 0 Å². The molecule has 2 rings (SSSR count). The third-order valence-electron chi connectivity index (χ3n) is 2.72. The van der Waals surface area contributed by atoms with Gasteiger partial charge in [0.05, 0.1) is 6.61 Å². The van der Waals surface area contributed by atoms with E-state index in [2.05, 4.69) is 0 Å². The fourth-order valence-electron chi connectivity index (χ4n) is 1.78. The molecule has 1 aromatic rings. The second-order valence-electron chi connectivity index (χ2n) is 4.77. The van der Waals surface area contributed by atoms with Crippen molar-refractivity contribution in [3.05, 3.63) is 34.9 Å². The summed E-state index contributed by atoms with van der Waals surface area (Å²) in [6.45, 7) is 4.02. The van der Waals surface area contributed by atoms with E-state index in [1.54, 1.807) is 24.3 Å². The Balaban J connectivity index is 2.33. The van der Waals surface area contributed by atoms with Crippen LogP contribution in [0.2, 0.25) is 5.02 Å². The van der Waals surface area contributed by atoms with Gasteiger partial charge in [-0.25, -0.2) is 4.57 Å². The summed E-state index contributed by atoms with van der Waals surface area (Å²) in [6.07, 6.45) is -0.482. The Kier molecular flexibility index (Phi) is 3.36. The number of phosphoric acid groups is 1. The molecule has 0 aliphatic carbocycles. The number of halogens is 1. The maximum atomic E-state index is 11.5. The highest BCUT2D eigenvalue weighted by atomic mass is 35.5. The summed E-state index contributed by atoms with van der Waals surface area (Å²) in [5.41, 5.74) is 0.446. The average Bonchev–Trinajstić information content (AvgIpc) is 2.24. The molecule has 0 bridgehead atoms. The minimum atomic E-state index is -3.93. The van der Waals surface area contributed by atoms with E-state index in [9.17, 15) is 9.46 Å². The number of hydrogen-bond acceptors (Lipinski definition) is 3. The van der Waals surface area contributed by atoms with Crippen LogP contribution in [0.15, 0.2) is 24.3 Å². The third-order valence-corrected chi connectivity index (χ3v) is 3.91. The molecule has 0 saturated carbocycles. The van der Waals surface area contributed by atoms with E-state index in [-0.39, 0.29) is 12.0 Å². The maximum absolute atomic E-state index is 11.5. The summed E-state index contributed by atoms with van der Waals surface area (Å²) >= 11 is 5.81. The Hall–Kier alpha value is -0.380. The molecule has 1 fully saturated rings. The lowest BCUT2D eigenvalue weighted by Crippen LogP contribution is -2.33. The van der Waals surface area contributed by atoms with Gasteiger partial charge >= 0.3 is 7.82 Å². The third kappa shape index (κ3) is 2.90. The van der Waals surface area contributed by atoms with Crippen molar-refractivity contribution < 1.29 is 18.5 Å². The summed E-state index contributed by atoms with van der Waals surface area (Å²) in [4.78, 5) is 9.38. The van der Waals surface area contributed by atoms with Crippen molar-refractivity contribution in [2.24, 2.45) is 5.41 Å². The molecule has 0 aromatic heterocycles. The Bertz CT molecular complexity index is 457. The van der Waals surface area contributed by atoms with Crippen LogP contribution in [-0.2, 0) is 13.6 Å². The maximum Gasteiger partial charge on any atom is 0.472 e. The molecule has 1 unspecified atom stereocenters. The van der Waals surface area contributed by atoms with Crippen molar-refractivity contribution in [1.82, 2.24) is 0 Å². The van der Waals surface area contributed by atoms with Crippen LogP contribution in [0, 0.1) is 5.41 Å². The van der Waals surface area contributed by atoms with Gasteiger partial charge in [-0.3, -0.25) is 9.05 Å². The summed E-state index contributed by atoms with van der Waals surface area (Å²) in [5, 5.41) is 0.616. The lowest BCUT2D eigenvalue weighted by molar-refractivity contribution is -0.0472. The fourth-order valence-corrected chi connectivity index (χ4v) is 3.14. The van der Waals surface area contributed by atoms with Crippen LogP contribution in [0.1, 0.15) is 25.5 Å². The molecular weight excluding hydrogens is 263 g/mol. The first-order chi connectivity index (χ1) is 7.80. The van der Waals surface area contributed by atoms with Crippen LogP contribution in [0.5, 0.6) is 0 Å². The molecular formula is C11H14ClO4P. The average molecular weight is 277 g/mol. The molecule has 0 spiro atoms. The van der Waals surface area contributed by atoms with Crippen molar-refractivity contribution >= 4 is 19.4 Å². The van der Waals surface area contributed by atoms with Crippen LogP contribution in [0.3, 0.4) is 0 Å². The van der Waals surface area contributed by atoms with Gasteiger partial charge in [0.1, 0.15) is 6.10 Å². The molecule has 94 valence electrons. The van der Waals surface area contributed by atoms with Gasteiger partial charge in [0.2, 0.25) is 0 Å². The number of rotatable bonds is 1. The molecule has 1 saturated heterocycles. The highest BCUT2D eigenvalue weighted by Crippen LogP contribution is 2.58. The van der Waals surface area contributed by atoms with Gasteiger partial charge in [0.15, 0.2) is 0 Å². The molecule has 0 radical (unpaired) electrons. The topological polar surface area (TPSA) is 55.8 Å². The number of hydrogen-bond donors (Lipinski definition) is 1. The predicted molar refractivity (Wildman–Crippen MR) is 64.8 cm³/mol. The number of benzene rings is 1. The minimum Gasteiger partial charge on any atom is -0.302 e. The Morgan fingerprint density at radius 3 is 2.59 bits per heavy atom. The molecule has 1 heterocycles. The van der Waals surface area contributed by atoms with E-state index in [0.717, 1.165) is 5.56 Å². The highest BCUT2D eigenvalue weighted by Gasteiger charge is 2.44. The Morgan fingerprint density at radius 1 is 1.41 bits per heavy atom. The van der Waals surface area contributed by atoms with E-state index in [1.165, 1.54) is 0 Å². The normalized spacial score (nSPS) is 32.4. The molecule has 1 aliphatic heterocycles. The van der Waals surface area contributed by atoms with Crippen LogP contribution in [-0.4, -0.2) is 11.5 Å². The summed E-state index contributed by atoms with van der Waals surface area (Å²) in [5.74, 6) is 0. The lowest BCUT2D eigenvalue weighted by atomic mass is 9.83. The second kappa shape index (κ2) is 4.38. The minimum absolute atomic E-state index is 0.175. The molecule has 1 aliphatic rings. The summed E-state index contributed by atoms with van der Waals surface area (Å²) in [7, 11) is -3.93. The second-order valence-corrected chi connectivity index (χ2v) is 6.61. The van der Waals surface area contributed by atoms with Gasteiger partial charge in [-0.1, -0.05) is 37.6 Å². The zero-order valence-electron chi connectivity index (χ0n) is 9.59. The molecule has 1 aromatic carbocycles. The largest absolute Gasteiger partial charge is 0.472 e. The zero-order chi connectivity index (χ0) is 12.7. The SMILES string of the molecule is CC1(C)COP(=O)(O)O[C@@H]1c1ccc(Cl)cc1. The summed E-state index contributed by atoms with van der Waals surface area (Å²) in [6, 6.07) is 7.04. The predicted octanol–water partition coefficient (Wildman–Crippen LogP) is 3.55. The van der Waals surface area contributed by atoms with Crippen molar-refractivity contribution in [3.63, 3.8) is 0 Å².